The molecule has 0 aliphatic carbocycles. The van der Waals surface area contributed by atoms with Crippen molar-refractivity contribution in [2.75, 3.05) is 13.3 Å². The molecule has 0 N–H and O–H groups in total. The van der Waals surface area contributed by atoms with E-state index in [1.807, 2.05) is 35.4 Å². The van der Waals surface area contributed by atoms with Crippen LogP contribution in [0.5, 0.6) is 17.2 Å². The quantitative estimate of drug-likeness (QED) is 0.305. The van der Waals surface area contributed by atoms with Gasteiger partial charge in [-0.05, 0) is 40.8 Å². The molecule has 0 aromatic heterocycles. The molecule has 3 heterocycles. The monoisotopic (exact) mass is 476 g/mol. The lowest BCUT2D eigenvalue weighted by atomic mass is 10.0. The molecule has 0 bridgehead atoms. The molecular weight excluding hydrogens is 460 g/mol. The minimum absolute atomic E-state index is 0.135. The molecule has 0 amide bonds. The van der Waals surface area contributed by atoms with Crippen LogP contribution in [0.25, 0.3) is 24.0 Å². The summed E-state index contributed by atoms with van der Waals surface area (Å²) in [4.78, 5) is 12.1. The molecule has 0 spiro atoms. The van der Waals surface area contributed by atoms with Gasteiger partial charge in [0, 0.05) is 41.0 Å². The Morgan fingerprint density at radius 3 is 2.62 bits per heavy atom. The molecule has 0 saturated carbocycles. The number of nitro groups is 1. The van der Waals surface area contributed by atoms with Crippen molar-refractivity contribution in [1.82, 2.24) is 4.90 Å². The Bertz CT molecular complexity index is 1750. The molecule has 3 aromatic rings. The SMILES string of the molecule is O=[N+]([O-])c1cccc(S(=O)(=O)Oc2cccc3c2=CN2CC=c4cc5c(cc4=C2C=3)OCO5)c1. The highest BCUT2D eigenvalue weighted by Gasteiger charge is 2.23. The standard InChI is InChI=1S/C24H16N2O7S/c27-26(28)17-4-2-5-18(11-17)34(29,30)33-22-6-1-3-15-9-21-19-12-24-23(31-14-32-24)10-16(19)7-8-25(21)13-20(15)22/h1-7,9-13H,8,14H2. The number of hydrogen-bond donors (Lipinski definition) is 0. The summed E-state index contributed by atoms with van der Waals surface area (Å²) in [5.74, 6) is 1.53. The Morgan fingerprint density at radius 1 is 1.00 bits per heavy atom. The van der Waals surface area contributed by atoms with E-state index >= 15 is 0 Å². The van der Waals surface area contributed by atoms with Gasteiger partial charge < -0.3 is 18.6 Å². The van der Waals surface area contributed by atoms with Gasteiger partial charge in [-0.15, -0.1) is 0 Å². The minimum atomic E-state index is -4.29. The Morgan fingerprint density at radius 2 is 1.79 bits per heavy atom. The van der Waals surface area contributed by atoms with Crippen LogP contribution in [0.3, 0.4) is 0 Å². The summed E-state index contributed by atoms with van der Waals surface area (Å²) in [7, 11) is -4.29. The number of hydrogen-bond acceptors (Lipinski definition) is 8. The van der Waals surface area contributed by atoms with Crippen LogP contribution in [0.1, 0.15) is 0 Å². The van der Waals surface area contributed by atoms with Crippen LogP contribution in [-0.4, -0.2) is 31.6 Å². The maximum Gasteiger partial charge on any atom is 0.339 e. The highest BCUT2D eigenvalue weighted by molar-refractivity contribution is 7.87. The third-order valence-corrected chi connectivity index (χ3v) is 7.06. The molecule has 9 nitrogen and oxygen atoms in total. The molecule has 0 fully saturated rings. The summed E-state index contributed by atoms with van der Waals surface area (Å²) in [6.07, 6.45) is 5.86. The van der Waals surface area contributed by atoms with Crippen LogP contribution in [0, 0.1) is 10.1 Å². The largest absolute Gasteiger partial charge is 0.454 e. The van der Waals surface area contributed by atoms with Crippen LogP contribution in [0.4, 0.5) is 5.69 Å². The fraction of sp³-hybridized carbons (Fsp3) is 0.0833. The molecule has 6 rings (SSSR count). The number of ether oxygens (including phenoxy) is 2. The van der Waals surface area contributed by atoms with Crippen LogP contribution < -0.4 is 34.5 Å². The summed E-state index contributed by atoms with van der Waals surface area (Å²) >= 11 is 0. The van der Waals surface area contributed by atoms with Gasteiger partial charge in [0.25, 0.3) is 5.69 Å². The molecule has 0 atom stereocenters. The average molecular weight is 476 g/mol. The Hall–Kier alpha value is -4.31. The van der Waals surface area contributed by atoms with Crippen molar-refractivity contribution in [3.63, 3.8) is 0 Å². The Labute approximate surface area is 193 Å². The van der Waals surface area contributed by atoms with Gasteiger partial charge in [0.2, 0.25) is 6.79 Å². The number of benzene rings is 3. The third kappa shape index (κ3) is 3.27. The van der Waals surface area contributed by atoms with E-state index < -0.39 is 15.0 Å². The lowest BCUT2D eigenvalue weighted by Gasteiger charge is -2.26. The van der Waals surface area contributed by atoms with Gasteiger partial charge in [-0.1, -0.05) is 24.3 Å². The first-order valence-corrected chi connectivity index (χ1v) is 11.7. The van der Waals surface area contributed by atoms with E-state index in [1.54, 1.807) is 12.1 Å². The molecule has 170 valence electrons. The molecule has 3 aliphatic rings. The van der Waals surface area contributed by atoms with Crippen LogP contribution in [0.15, 0.2) is 59.5 Å². The number of nitrogens with zero attached hydrogens (tertiary/aromatic N) is 2. The van der Waals surface area contributed by atoms with E-state index in [-0.39, 0.29) is 23.1 Å². The second-order valence-electron chi connectivity index (χ2n) is 7.86. The maximum absolute atomic E-state index is 12.9. The third-order valence-electron chi connectivity index (χ3n) is 5.83. The summed E-state index contributed by atoms with van der Waals surface area (Å²) in [5.41, 5.74) is 0.615. The van der Waals surface area contributed by atoms with Crippen LogP contribution in [-0.2, 0) is 10.1 Å². The van der Waals surface area contributed by atoms with E-state index in [9.17, 15) is 18.5 Å². The summed E-state index contributed by atoms with van der Waals surface area (Å²) in [5, 5.41) is 14.4. The first-order chi connectivity index (χ1) is 16.4. The van der Waals surface area contributed by atoms with Gasteiger partial charge >= 0.3 is 10.1 Å². The molecule has 10 heteroatoms. The van der Waals surface area contributed by atoms with Gasteiger partial charge in [0.1, 0.15) is 4.90 Å². The van der Waals surface area contributed by atoms with Crippen molar-refractivity contribution in [3.05, 3.63) is 85.6 Å². The molecule has 0 saturated heterocycles. The van der Waals surface area contributed by atoms with E-state index in [0.717, 1.165) is 27.4 Å². The van der Waals surface area contributed by atoms with Crippen molar-refractivity contribution in [3.8, 4) is 17.2 Å². The Kier molecular flexibility index (Phi) is 4.39. The zero-order valence-electron chi connectivity index (χ0n) is 17.5. The molecule has 0 unspecified atom stereocenters. The van der Waals surface area contributed by atoms with E-state index in [2.05, 4.69) is 6.08 Å². The summed E-state index contributed by atoms with van der Waals surface area (Å²) in [6, 6.07) is 13.8. The average Bonchev–Trinajstić information content (AvgIpc) is 3.29. The fourth-order valence-electron chi connectivity index (χ4n) is 4.20. The van der Waals surface area contributed by atoms with Gasteiger partial charge in [0.05, 0.1) is 4.92 Å². The number of non-ortho nitro benzene ring substituents is 1. The second-order valence-corrected chi connectivity index (χ2v) is 9.41. The summed E-state index contributed by atoms with van der Waals surface area (Å²) in [6.45, 7) is 0.763. The van der Waals surface area contributed by atoms with Gasteiger partial charge in [-0.3, -0.25) is 10.1 Å². The zero-order valence-corrected chi connectivity index (χ0v) is 18.3. The Balaban J connectivity index is 1.46. The lowest BCUT2D eigenvalue weighted by Crippen LogP contribution is -2.43. The van der Waals surface area contributed by atoms with Crippen molar-refractivity contribution in [2.24, 2.45) is 0 Å². The zero-order chi connectivity index (χ0) is 23.4. The predicted octanol–water partition coefficient (Wildman–Crippen LogP) is 0.528. The highest BCUT2D eigenvalue weighted by atomic mass is 32.2. The van der Waals surface area contributed by atoms with Crippen molar-refractivity contribution >= 4 is 39.9 Å². The van der Waals surface area contributed by atoms with Gasteiger partial charge in [-0.25, -0.2) is 0 Å². The van der Waals surface area contributed by atoms with Crippen LogP contribution in [0.2, 0.25) is 0 Å². The number of fused-ring (bicyclic) bond motifs is 4. The normalized spacial score (nSPS) is 15.2. The van der Waals surface area contributed by atoms with Gasteiger partial charge in [-0.2, -0.15) is 8.42 Å². The predicted molar refractivity (Wildman–Crippen MR) is 122 cm³/mol. The number of rotatable bonds is 4. The van der Waals surface area contributed by atoms with Crippen molar-refractivity contribution < 1.29 is 27.0 Å². The lowest BCUT2D eigenvalue weighted by molar-refractivity contribution is -0.385. The second kappa shape index (κ2) is 7.35. The first kappa shape index (κ1) is 20.3. The minimum Gasteiger partial charge on any atom is -0.454 e. The maximum atomic E-state index is 12.9. The molecule has 34 heavy (non-hydrogen) atoms. The highest BCUT2D eigenvalue weighted by Crippen LogP contribution is 2.29. The fourth-order valence-corrected chi connectivity index (χ4v) is 5.19. The first-order valence-electron chi connectivity index (χ1n) is 10.3. The van der Waals surface area contributed by atoms with E-state index in [0.29, 0.717) is 23.3 Å². The molecule has 0 radical (unpaired) electrons. The van der Waals surface area contributed by atoms with Crippen LogP contribution >= 0.6 is 0 Å². The van der Waals surface area contributed by atoms with Crippen molar-refractivity contribution in [2.45, 2.75) is 4.90 Å². The topological polar surface area (TPSA) is 108 Å². The van der Waals surface area contributed by atoms with Gasteiger partial charge in [0.15, 0.2) is 17.2 Å². The van der Waals surface area contributed by atoms with Crippen molar-refractivity contribution in [1.29, 1.82) is 0 Å². The molecule has 3 aliphatic heterocycles. The number of nitro benzene ring substituents is 1. The van der Waals surface area contributed by atoms with E-state index in [4.69, 9.17) is 13.7 Å². The molecule has 3 aromatic carbocycles. The summed E-state index contributed by atoms with van der Waals surface area (Å²) < 4.78 is 42.3. The molecular formula is C24H16N2O7S. The van der Waals surface area contributed by atoms with E-state index in [1.165, 1.54) is 18.2 Å². The smallest absolute Gasteiger partial charge is 0.339 e.